The molecule has 3 aromatic carbocycles. The van der Waals surface area contributed by atoms with Crippen LogP contribution < -0.4 is 15.2 Å². The van der Waals surface area contributed by atoms with Crippen LogP contribution in [0.25, 0.3) is 0 Å². The van der Waals surface area contributed by atoms with Crippen LogP contribution in [0.3, 0.4) is 0 Å². The number of rotatable bonds is 5. The maximum atomic E-state index is 14.2. The fraction of sp³-hybridized carbons (Fsp3) is 0.226. The molecule has 0 bridgehead atoms. The van der Waals surface area contributed by atoms with Gasteiger partial charge in [0.15, 0.2) is 11.4 Å². The Bertz CT molecular complexity index is 1670. The number of halogens is 4. The molecule has 216 valence electrons. The molecule has 0 N–H and O–H groups in total. The van der Waals surface area contributed by atoms with E-state index >= 15 is 0 Å². The summed E-state index contributed by atoms with van der Waals surface area (Å²) >= 11 is 4.98. The second kappa shape index (κ2) is 11.2. The van der Waals surface area contributed by atoms with Crippen molar-refractivity contribution in [3.63, 3.8) is 0 Å². The van der Waals surface area contributed by atoms with E-state index < -0.39 is 29.6 Å². The van der Waals surface area contributed by atoms with Crippen molar-refractivity contribution in [1.29, 1.82) is 0 Å². The van der Waals surface area contributed by atoms with Gasteiger partial charge in [0.25, 0.3) is 5.91 Å². The SMILES string of the molecule is CC(N1CN([C@H]2c3ccccc3CSc3ccccc32)n2cc(Br)c(=O)c(OCc3ccccc3)c2C1=O)C(F)(F)F. The van der Waals surface area contributed by atoms with Crippen LogP contribution >= 0.6 is 27.7 Å². The first kappa shape index (κ1) is 28.4. The zero-order chi connectivity index (χ0) is 29.6. The van der Waals surface area contributed by atoms with E-state index in [-0.39, 0.29) is 29.2 Å². The largest absolute Gasteiger partial charge is 0.482 e. The van der Waals surface area contributed by atoms with Gasteiger partial charge in [0, 0.05) is 16.8 Å². The van der Waals surface area contributed by atoms with Crippen molar-refractivity contribution in [1.82, 2.24) is 9.58 Å². The fourth-order valence-corrected chi connectivity index (χ4v) is 6.80. The lowest BCUT2D eigenvalue weighted by Gasteiger charge is -2.46. The Labute approximate surface area is 252 Å². The molecule has 0 spiro atoms. The van der Waals surface area contributed by atoms with Gasteiger partial charge in [-0.2, -0.15) is 13.2 Å². The van der Waals surface area contributed by atoms with Crippen molar-refractivity contribution >= 4 is 33.6 Å². The highest BCUT2D eigenvalue weighted by Crippen LogP contribution is 2.43. The lowest BCUT2D eigenvalue weighted by Crippen LogP contribution is -2.60. The second-order valence-corrected chi connectivity index (χ2v) is 12.0. The number of carbonyl (C=O) groups excluding carboxylic acids is 1. The van der Waals surface area contributed by atoms with Gasteiger partial charge in [0.2, 0.25) is 5.43 Å². The van der Waals surface area contributed by atoms with Gasteiger partial charge >= 0.3 is 6.18 Å². The number of thioether (sulfide) groups is 1. The van der Waals surface area contributed by atoms with Gasteiger partial charge in [-0.15, -0.1) is 11.8 Å². The Morgan fingerprint density at radius 2 is 1.64 bits per heavy atom. The number of ether oxygens (including phenoxy) is 1. The van der Waals surface area contributed by atoms with Crippen molar-refractivity contribution in [3.05, 3.63) is 128 Å². The first-order chi connectivity index (χ1) is 20.1. The summed E-state index contributed by atoms with van der Waals surface area (Å²) < 4.78 is 50.1. The number of aromatic nitrogens is 1. The highest BCUT2D eigenvalue weighted by Gasteiger charge is 2.48. The number of amides is 1. The summed E-state index contributed by atoms with van der Waals surface area (Å²) in [5.41, 5.74) is 2.67. The maximum absolute atomic E-state index is 14.2. The van der Waals surface area contributed by atoms with Gasteiger partial charge in [0.05, 0.1) is 10.5 Å². The summed E-state index contributed by atoms with van der Waals surface area (Å²) in [6.07, 6.45) is -3.25. The second-order valence-electron chi connectivity index (χ2n) is 10.1. The van der Waals surface area contributed by atoms with Gasteiger partial charge in [0.1, 0.15) is 19.3 Å². The van der Waals surface area contributed by atoms with Crippen molar-refractivity contribution in [3.8, 4) is 5.75 Å². The minimum Gasteiger partial charge on any atom is -0.482 e. The highest BCUT2D eigenvalue weighted by molar-refractivity contribution is 9.10. The predicted octanol–water partition coefficient (Wildman–Crippen LogP) is 6.89. The van der Waals surface area contributed by atoms with Gasteiger partial charge in [-0.1, -0.05) is 72.8 Å². The molecule has 6 nitrogen and oxygen atoms in total. The number of carbonyl (C=O) groups is 1. The van der Waals surface area contributed by atoms with Crippen LogP contribution in [-0.4, -0.2) is 34.4 Å². The van der Waals surface area contributed by atoms with Crippen molar-refractivity contribution in [2.75, 3.05) is 11.7 Å². The summed E-state index contributed by atoms with van der Waals surface area (Å²) in [4.78, 5) is 29.1. The molecular formula is C31H25BrF3N3O3S. The molecule has 0 aliphatic carbocycles. The Morgan fingerprint density at radius 1 is 0.976 bits per heavy atom. The van der Waals surface area contributed by atoms with E-state index in [0.717, 1.165) is 39.0 Å². The molecule has 0 radical (unpaired) electrons. The smallest absolute Gasteiger partial charge is 0.408 e. The molecule has 1 amide bonds. The highest BCUT2D eigenvalue weighted by atomic mass is 79.9. The van der Waals surface area contributed by atoms with Gasteiger partial charge in [-0.3, -0.25) is 19.3 Å². The van der Waals surface area contributed by atoms with Crippen LogP contribution in [0.1, 0.15) is 45.7 Å². The summed E-state index contributed by atoms with van der Waals surface area (Å²) in [6, 6.07) is 21.9. The standard InChI is InChI=1S/C31H25BrF3N3O3S/c1-19(31(33,34)35)36-18-38(26-22-12-6-5-11-21(22)17-42-25-14-8-7-13-23(25)26)37-15-24(32)28(39)29(27(37)30(36)40)41-16-20-9-3-2-4-10-20/h2-15,19,26H,16-18H2,1H3/t19?,26-/m0/s1. The van der Waals surface area contributed by atoms with E-state index in [1.807, 2.05) is 54.6 Å². The van der Waals surface area contributed by atoms with Crippen LogP contribution in [0.15, 0.2) is 99.2 Å². The number of hydrogen-bond donors (Lipinski definition) is 0. The zero-order valence-electron chi connectivity index (χ0n) is 22.3. The van der Waals surface area contributed by atoms with Crippen LogP contribution in [-0.2, 0) is 12.4 Å². The summed E-state index contributed by atoms with van der Waals surface area (Å²) in [6.45, 7) is 0.531. The molecule has 1 aromatic heterocycles. The van der Waals surface area contributed by atoms with E-state index in [1.165, 1.54) is 10.9 Å². The Morgan fingerprint density at radius 3 is 2.38 bits per heavy atom. The molecule has 2 atom stereocenters. The summed E-state index contributed by atoms with van der Waals surface area (Å²) in [5.74, 6) is -0.578. The van der Waals surface area contributed by atoms with E-state index in [1.54, 1.807) is 41.0 Å². The van der Waals surface area contributed by atoms with Crippen LogP contribution in [0.5, 0.6) is 5.75 Å². The zero-order valence-corrected chi connectivity index (χ0v) is 24.7. The number of hydrogen-bond acceptors (Lipinski definition) is 5. The first-order valence-electron chi connectivity index (χ1n) is 13.2. The average Bonchev–Trinajstić information content (AvgIpc) is 3.15. The molecule has 0 saturated heterocycles. The summed E-state index contributed by atoms with van der Waals surface area (Å²) in [7, 11) is 0. The number of pyridine rings is 1. The van der Waals surface area contributed by atoms with Gasteiger partial charge < -0.3 is 9.64 Å². The van der Waals surface area contributed by atoms with Crippen molar-refractivity contribution in [2.45, 2.75) is 42.4 Å². The van der Waals surface area contributed by atoms with E-state index in [2.05, 4.69) is 15.9 Å². The van der Waals surface area contributed by atoms with Crippen LogP contribution in [0.2, 0.25) is 0 Å². The molecular weight excluding hydrogens is 631 g/mol. The molecule has 0 fully saturated rings. The third-order valence-electron chi connectivity index (χ3n) is 7.55. The van der Waals surface area contributed by atoms with Gasteiger partial charge in [-0.05, 0) is 51.2 Å². The quantitative estimate of drug-likeness (QED) is 0.234. The van der Waals surface area contributed by atoms with Crippen LogP contribution in [0, 0.1) is 0 Å². The minimum absolute atomic E-state index is 0.0482. The van der Waals surface area contributed by atoms with Crippen molar-refractivity contribution < 1.29 is 22.7 Å². The monoisotopic (exact) mass is 655 g/mol. The van der Waals surface area contributed by atoms with E-state index in [4.69, 9.17) is 4.74 Å². The molecule has 6 rings (SSSR count). The lowest BCUT2D eigenvalue weighted by atomic mass is 9.94. The molecule has 3 heterocycles. The Kier molecular flexibility index (Phi) is 7.57. The average molecular weight is 657 g/mol. The van der Waals surface area contributed by atoms with Crippen LogP contribution in [0.4, 0.5) is 13.2 Å². The van der Waals surface area contributed by atoms with E-state index in [0.29, 0.717) is 5.75 Å². The third-order valence-corrected chi connectivity index (χ3v) is 9.26. The number of benzene rings is 3. The topological polar surface area (TPSA) is 54.8 Å². The Hall–Kier alpha value is -3.70. The predicted molar refractivity (Wildman–Crippen MR) is 158 cm³/mol. The normalized spacial score (nSPS) is 17.2. The van der Waals surface area contributed by atoms with Crippen molar-refractivity contribution in [2.24, 2.45) is 0 Å². The molecule has 0 saturated carbocycles. The third kappa shape index (κ3) is 5.09. The number of fused-ring (bicyclic) bond motifs is 3. The molecule has 4 aromatic rings. The molecule has 2 aliphatic heterocycles. The molecule has 2 aliphatic rings. The fourth-order valence-electron chi connectivity index (χ4n) is 5.33. The molecule has 1 unspecified atom stereocenters. The molecule has 11 heteroatoms. The maximum Gasteiger partial charge on any atom is 0.408 e. The lowest BCUT2D eigenvalue weighted by molar-refractivity contribution is -0.173. The number of alkyl halides is 3. The first-order valence-corrected chi connectivity index (χ1v) is 15.0. The minimum atomic E-state index is -4.70. The Balaban J connectivity index is 1.58. The van der Waals surface area contributed by atoms with Gasteiger partial charge in [-0.25, -0.2) is 0 Å². The number of nitrogens with zero attached hydrogens (tertiary/aromatic N) is 3. The summed E-state index contributed by atoms with van der Waals surface area (Å²) in [5, 5.41) is 1.71. The van der Waals surface area contributed by atoms with E-state index in [9.17, 15) is 22.8 Å². The molecule has 42 heavy (non-hydrogen) atoms.